The Hall–Kier alpha value is -1.00. The van der Waals surface area contributed by atoms with Crippen LogP contribution in [0.5, 0.6) is 0 Å². The molecule has 1 aliphatic heterocycles. The predicted octanol–water partition coefficient (Wildman–Crippen LogP) is 2.93. The molecule has 0 atom stereocenters. The third-order valence-electron chi connectivity index (χ3n) is 3.08. The molecule has 1 aromatic rings. The van der Waals surface area contributed by atoms with E-state index in [2.05, 4.69) is 26.0 Å². The molecule has 0 unspecified atom stereocenters. The van der Waals surface area contributed by atoms with Crippen molar-refractivity contribution in [3.63, 3.8) is 0 Å². The Kier molecular flexibility index (Phi) is 3.97. The molecule has 0 spiro atoms. The van der Waals surface area contributed by atoms with Gasteiger partial charge in [-0.2, -0.15) is 0 Å². The van der Waals surface area contributed by atoms with Crippen LogP contribution in [-0.2, 0) is 14.9 Å². The Bertz CT molecular complexity index is 421. The van der Waals surface area contributed by atoms with Gasteiger partial charge in [-0.15, -0.1) is 11.8 Å². The summed E-state index contributed by atoms with van der Waals surface area (Å²) < 4.78 is 5.22. The lowest BCUT2D eigenvalue weighted by Crippen LogP contribution is -2.48. The van der Waals surface area contributed by atoms with E-state index in [0.717, 1.165) is 5.56 Å². The molecule has 1 aliphatic rings. The zero-order valence-electron chi connectivity index (χ0n) is 10.7. The molecule has 1 N–H and O–H groups in total. The van der Waals surface area contributed by atoms with Crippen molar-refractivity contribution in [2.24, 2.45) is 0 Å². The number of hydrogen-bond acceptors (Lipinski definition) is 3. The monoisotopic (exact) mass is 266 g/mol. The van der Waals surface area contributed by atoms with Crippen LogP contribution in [0.1, 0.15) is 25.8 Å². The molecule has 0 aliphatic carbocycles. The summed E-state index contributed by atoms with van der Waals surface area (Å²) in [5.74, 6) is -0.765. The summed E-state index contributed by atoms with van der Waals surface area (Å²) in [6, 6.07) is 8.22. The number of carboxylic acids is 1. The van der Waals surface area contributed by atoms with Crippen LogP contribution in [0, 0.1) is 0 Å². The van der Waals surface area contributed by atoms with Gasteiger partial charge < -0.3 is 9.84 Å². The minimum Gasteiger partial charge on any atom is -0.481 e. The third-order valence-corrected chi connectivity index (χ3v) is 4.10. The minimum absolute atomic E-state index is 0.143. The second kappa shape index (κ2) is 5.33. The van der Waals surface area contributed by atoms with E-state index < -0.39 is 5.97 Å². The lowest BCUT2D eigenvalue weighted by atomic mass is 9.76. The second-order valence-corrected chi connectivity index (χ2v) is 6.68. The summed E-state index contributed by atoms with van der Waals surface area (Å²) in [7, 11) is 0. The average Bonchev–Trinajstić information content (AvgIpc) is 2.24. The van der Waals surface area contributed by atoms with E-state index in [1.54, 1.807) is 0 Å². The van der Waals surface area contributed by atoms with Crippen molar-refractivity contribution in [1.82, 2.24) is 0 Å². The van der Waals surface area contributed by atoms with Crippen molar-refractivity contribution in [1.29, 1.82) is 0 Å². The van der Waals surface area contributed by atoms with Gasteiger partial charge in [-0.1, -0.05) is 26.0 Å². The zero-order chi connectivity index (χ0) is 13.2. The largest absolute Gasteiger partial charge is 0.481 e. The summed E-state index contributed by atoms with van der Waals surface area (Å²) in [6.45, 7) is 5.33. The van der Waals surface area contributed by atoms with Crippen LogP contribution in [0.25, 0.3) is 0 Å². The van der Waals surface area contributed by atoms with E-state index in [4.69, 9.17) is 9.84 Å². The lowest BCUT2D eigenvalue weighted by Gasteiger charge is -2.40. The van der Waals surface area contributed by atoms with Crippen LogP contribution in [-0.4, -0.2) is 29.5 Å². The first-order chi connectivity index (χ1) is 8.52. The fourth-order valence-electron chi connectivity index (χ4n) is 2.17. The highest BCUT2D eigenvalue weighted by Crippen LogP contribution is 2.36. The molecular formula is C14H18O3S. The van der Waals surface area contributed by atoms with Crippen LogP contribution in [0.15, 0.2) is 29.2 Å². The smallest absolute Gasteiger partial charge is 0.304 e. The summed E-state index contributed by atoms with van der Waals surface area (Å²) in [4.78, 5) is 12.2. The minimum atomic E-state index is -0.765. The van der Waals surface area contributed by atoms with E-state index in [1.807, 2.05) is 23.9 Å². The lowest BCUT2D eigenvalue weighted by molar-refractivity contribution is -0.145. The molecule has 3 nitrogen and oxygen atoms in total. The van der Waals surface area contributed by atoms with Crippen LogP contribution < -0.4 is 0 Å². The highest BCUT2D eigenvalue weighted by Gasteiger charge is 2.42. The molecule has 1 heterocycles. The van der Waals surface area contributed by atoms with Crippen molar-refractivity contribution < 1.29 is 14.6 Å². The Balaban J connectivity index is 2.14. The van der Waals surface area contributed by atoms with Crippen LogP contribution >= 0.6 is 11.8 Å². The van der Waals surface area contributed by atoms with Gasteiger partial charge in [0.2, 0.25) is 0 Å². The van der Waals surface area contributed by atoms with Gasteiger partial charge in [0.25, 0.3) is 0 Å². The standard InChI is InChI=1S/C14H18O3S/c1-10(2)18-12-5-3-11(4-6-12)14(7-13(15)16)8-17-9-14/h3-6,10H,7-9H2,1-2H3,(H,15,16). The van der Waals surface area contributed by atoms with E-state index in [0.29, 0.717) is 18.5 Å². The Morgan fingerprint density at radius 2 is 2.00 bits per heavy atom. The molecule has 1 aromatic carbocycles. The number of rotatable bonds is 5. The second-order valence-electron chi connectivity index (χ2n) is 5.03. The molecule has 0 bridgehead atoms. The van der Waals surface area contributed by atoms with Gasteiger partial charge in [0, 0.05) is 10.1 Å². The Labute approximate surface area is 112 Å². The van der Waals surface area contributed by atoms with Crippen LogP contribution in [0.2, 0.25) is 0 Å². The van der Waals surface area contributed by atoms with Crippen molar-refractivity contribution in [2.75, 3.05) is 13.2 Å². The maximum Gasteiger partial charge on any atom is 0.304 e. The van der Waals surface area contributed by atoms with Gasteiger partial charge in [-0.05, 0) is 17.7 Å². The number of thioether (sulfide) groups is 1. The predicted molar refractivity (Wildman–Crippen MR) is 72.2 cm³/mol. The molecule has 4 heteroatoms. The molecule has 0 amide bonds. The summed E-state index contributed by atoms with van der Waals surface area (Å²) in [5, 5.41) is 9.54. The maximum absolute atomic E-state index is 10.9. The van der Waals surface area contributed by atoms with Crippen LogP contribution in [0.3, 0.4) is 0 Å². The fourth-order valence-corrected chi connectivity index (χ4v) is 3.01. The molecule has 0 radical (unpaired) electrons. The summed E-state index contributed by atoms with van der Waals surface area (Å²) in [6.07, 6.45) is 0.143. The highest BCUT2D eigenvalue weighted by molar-refractivity contribution is 7.99. The normalized spacial score (nSPS) is 17.5. The molecule has 18 heavy (non-hydrogen) atoms. The van der Waals surface area contributed by atoms with E-state index in [9.17, 15) is 4.79 Å². The fraction of sp³-hybridized carbons (Fsp3) is 0.500. The van der Waals surface area contributed by atoms with Gasteiger partial charge in [0.15, 0.2) is 0 Å². The molecule has 1 saturated heterocycles. The van der Waals surface area contributed by atoms with Gasteiger partial charge in [-0.3, -0.25) is 4.79 Å². The molecule has 2 rings (SSSR count). The third kappa shape index (κ3) is 2.87. The van der Waals surface area contributed by atoms with Crippen molar-refractivity contribution in [3.8, 4) is 0 Å². The van der Waals surface area contributed by atoms with Crippen molar-refractivity contribution in [2.45, 2.75) is 35.8 Å². The van der Waals surface area contributed by atoms with Crippen molar-refractivity contribution >= 4 is 17.7 Å². The number of hydrogen-bond donors (Lipinski definition) is 1. The number of ether oxygens (including phenoxy) is 1. The van der Waals surface area contributed by atoms with Gasteiger partial charge in [0.1, 0.15) is 0 Å². The topological polar surface area (TPSA) is 46.5 Å². The zero-order valence-corrected chi connectivity index (χ0v) is 11.5. The number of carbonyl (C=O) groups is 1. The highest BCUT2D eigenvalue weighted by atomic mass is 32.2. The summed E-state index contributed by atoms with van der Waals surface area (Å²) in [5.41, 5.74) is 0.761. The van der Waals surface area contributed by atoms with Crippen LogP contribution in [0.4, 0.5) is 0 Å². The molecule has 98 valence electrons. The Morgan fingerprint density at radius 1 is 1.39 bits per heavy atom. The number of aliphatic carboxylic acids is 1. The summed E-state index contributed by atoms with van der Waals surface area (Å²) >= 11 is 1.81. The molecule has 0 saturated carbocycles. The average molecular weight is 266 g/mol. The first-order valence-electron chi connectivity index (χ1n) is 6.09. The van der Waals surface area contributed by atoms with Gasteiger partial charge in [-0.25, -0.2) is 0 Å². The number of carboxylic acid groups (broad SMARTS) is 1. The first-order valence-corrected chi connectivity index (χ1v) is 6.96. The van der Waals surface area contributed by atoms with Gasteiger partial charge in [0.05, 0.1) is 25.0 Å². The van der Waals surface area contributed by atoms with E-state index in [-0.39, 0.29) is 11.8 Å². The first kappa shape index (κ1) is 13.4. The quantitative estimate of drug-likeness (QED) is 0.832. The maximum atomic E-state index is 10.9. The Morgan fingerprint density at radius 3 is 2.39 bits per heavy atom. The van der Waals surface area contributed by atoms with E-state index in [1.165, 1.54) is 4.90 Å². The van der Waals surface area contributed by atoms with Crippen molar-refractivity contribution in [3.05, 3.63) is 29.8 Å². The molecule has 0 aromatic heterocycles. The van der Waals surface area contributed by atoms with E-state index >= 15 is 0 Å². The van der Waals surface area contributed by atoms with Gasteiger partial charge >= 0.3 is 5.97 Å². The number of benzene rings is 1. The molecule has 1 fully saturated rings. The SMILES string of the molecule is CC(C)Sc1ccc(C2(CC(=O)O)COC2)cc1. The molecular weight excluding hydrogens is 248 g/mol.